The average Bonchev–Trinajstić information content (AvgIpc) is 0. The Morgan fingerprint density at radius 3 is 0.750 bits per heavy atom. The molecule has 0 saturated heterocycles. The zero-order valence-electron chi connectivity index (χ0n) is 6.45. The summed E-state index contributed by atoms with van der Waals surface area (Å²) in [5, 5.41) is 0. The molecule has 0 unspecified atom stereocenters. The maximum atomic E-state index is 0. The van der Waals surface area contributed by atoms with Gasteiger partial charge in [-0.15, -0.1) is 0 Å². The topological polar surface area (TPSA) is 0 Å². The van der Waals surface area contributed by atoms with Crippen molar-refractivity contribution in [1.29, 1.82) is 0 Å². The van der Waals surface area contributed by atoms with Gasteiger partial charge < -0.3 is 4.28 Å². The Morgan fingerprint density at radius 2 is 0.750 bits per heavy atom. The predicted octanol–water partition coefficient (Wildman–Crippen LogP) is -9.03. The summed E-state index contributed by atoms with van der Waals surface area (Å²) in [7, 11) is 0. The molecule has 0 bridgehead atoms. The molecule has 0 fully saturated rings. The van der Waals surface area contributed by atoms with Crippen LogP contribution in [-0.4, -0.2) is 26.2 Å². The fourth-order valence-corrected chi connectivity index (χ4v) is 0. The van der Waals surface area contributed by atoms with Crippen LogP contribution in [0.4, 0.5) is 0 Å². The Labute approximate surface area is 86.0 Å². The summed E-state index contributed by atoms with van der Waals surface area (Å²) in [6, 6.07) is 0. The van der Waals surface area contributed by atoms with E-state index in [0.717, 1.165) is 0 Å². The Bertz CT molecular complexity index is 10.1. The number of hydrogen-bond acceptors (Lipinski definition) is 0. The Kier molecular flexibility index (Phi) is 130. The molecular formula is H3BiLi3. The third kappa shape index (κ3) is 8.82. The molecule has 0 aromatic carbocycles. The van der Waals surface area contributed by atoms with Gasteiger partial charge in [0.15, 0.2) is 0 Å². The van der Waals surface area contributed by atoms with Gasteiger partial charge in [-0.05, 0) is 0 Å². The van der Waals surface area contributed by atoms with E-state index in [1.807, 2.05) is 0 Å². The minimum Gasteiger partial charge on any atom is -1.00 e. The summed E-state index contributed by atoms with van der Waals surface area (Å²) in [4.78, 5) is 0. The van der Waals surface area contributed by atoms with E-state index in [1.54, 1.807) is 0 Å². The van der Waals surface area contributed by atoms with E-state index in [2.05, 4.69) is 0 Å². The minimum absolute atomic E-state index is 0. The smallest absolute Gasteiger partial charge is 1.00 e. The van der Waals surface area contributed by atoms with Gasteiger partial charge in [0.05, 0.1) is 0 Å². The van der Waals surface area contributed by atoms with Crippen molar-refractivity contribution >= 4 is 26.2 Å². The van der Waals surface area contributed by atoms with Gasteiger partial charge in [-0.3, -0.25) is 0 Å². The largest absolute Gasteiger partial charge is 1.00 e. The molecule has 0 spiro atoms. The van der Waals surface area contributed by atoms with Crippen LogP contribution in [0.2, 0.25) is 0 Å². The van der Waals surface area contributed by atoms with Crippen LogP contribution in [0.5, 0.6) is 0 Å². The van der Waals surface area contributed by atoms with Gasteiger partial charge in [-0.2, -0.15) is 0 Å². The molecule has 0 rings (SSSR count). The molecule has 0 aromatic heterocycles. The summed E-state index contributed by atoms with van der Waals surface area (Å²) in [6.45, 7) is 0. The predicted molar refractivity (Wildman–Crippen MR) is 9.09 cm³/mol. The molecule has 0 N–H and O–H groups in total. The quantitative estimate of drug-likeness (QED) is 0.364. The maximum absolute atomic E-state index is 0. The second-order valence-corrected chi connectivity index (χ2v) is 0. The first-order valence-electron chi connectivity index (χ1n) is 0. The van der Waals surface area contributed by atoms with E-state index < -0.39 is 0 Å². The van der Waals surface area contributed by atoms with Crippen LogP contribution in [0.15, 0.2) is 0 Å². The summed E-state index contributed by atoms with van der Waals surface area (Å²) in [5.41, 5.74) is 0. The van der Waals surface area contributed by atoms with Gasteiger partial charge in [0, 0.05) is 26.2 Å². The molecule has 11 valence electrons. The zero-order chi connectivity index (χ0) is 0. The van der Waals surface area contributed by atoms with Crippen molar-refractivity contribution in [2.45, 2.75) is 0 Å². The fourth-order valence-electron chi connectivity index (χ4n) is 0. The molecule has 4 heavy (non-hydrogen) atoms. The molecule has 0 atom stereocenters. The standard InChI is InChI=1S/Bi.3Li.3H/q;3*+1;3*-1. The van der Waals surface area contributed by atoms with E-state index in [-0.39, 0.29) is 87.1 Å². The van der Waals surface area contributed by atoms with E-state index in [4.69, 9.17) is 0 Å². The van der Waals surface area contributed by atoms with Gasteiger partial charge in [0.2, 0.25) is 0 Å². The normalized spacial score (nSPS) is 0. The Hall–Kier alpha value is 2.68. The third-order valence-electron chi connectivity index (χ3n) is 0. The molecule has 0 aliphatic carbocycles. The first-order chi connectivity index (χ1) is 0. The van der Waals surface area contributed by atoms with Crippen molar-refractivity contribution in [1.82, 2.24) is 0 Å². The van der Waals surface area contributed by atoms with Crippen LogP contribution in [0.3, 0.4) is 0 Å². The van der Waals surface area contributed by atoms with Crippen LogP contribution in [0.1, 0.15) is 4.28 Å². The second kappa shape index (κ2) is 17.3. The minimum atomic E-state index is 0. The van der Waals surface area contributed by atoms with Gasteiger partial charge >= 0.3 is 56.6 Å². The molecule has 0 aromatic rings. The molecule has 4 heteroatoms. The molecule has 0 saturated carbocycles. The third-order valence-corrected chi connectivity index (χ3v) is 0. The van der Waals surface area contributed by atoms with Gasteiger partial charge in [0.1, 0.15) is 0 Å². The van der Waals surface area contributed by atoms with Gasteiger partial charge in [-0.25, -0.2) is 0 Å². The average molecular weight is 233 g/mol. The number of rotatable bonds is 0. The first-order valence-corrected chi connectivity index (χ1v) is 0. The molecule has 0 amide bonds. The Balaban J connectivity index is 0. The Morgan fingerprint density at radius 1 is 0.750 bits per heavy atom. The SMILES string of the molecule is [Bi].[H-].[H-].[H-].[Li+].[Li+].[Li+]. The molecule has 0 heterocycles. The summed E-state index contributed by atoms with van der Waals surface area (Å²) < 4.78 is 0. The molecule has 0 nitrogen and oxygen atoms in total. The zero-order valence-corrected chi connectivity index (χ0v) is 6.92. The van der Waals surface area contributed by atoms with E-state index in [1.165, 1.54) is 0 Å². The number of hydrogen-bond donors (Lipinski definition) is 0. The summed E-state index contributed by atoms with van der Waals surface area (Å²) in [6.07, 6.45) is 0. The maximum Gasteiger partial charge on any atom is 1.00 e. The van der Waals surface area contributed by atoms with Crippen molar-refractivity contribution in [3.63, 3.8) is 0 Å². The first kappa shape index (κ1) is 30.0. The summed E-state index contributed by atoms with van der Waals surface area (Å²) >= 11 is 0. The molecule has 3 radical (unpaired) electrons. The van der Waals surface area contributed by atoms with Crippen molar-refractivity contribution in [3.05, 3.63) is 0 Å². The van der Waals surface area contributed by atoms with E-state index >= 15 is 0 Å². The van der Waals surface area contributed by atoms with Gasteiger partial charge in [-0.1, -0.05) is 0 Å². The van der Waals surface area contributed by atoms with Crippen LogP contribution in [0.25, 0.3) is 0 Å². The van der Waals surface area contributed by atoms with E-state index in [0.29, 0.717) is 0 Å². The van der Waals surface area contributed by atoms with Crippen LogP contribution >= 0.6 is 0 Å². The van der Waals surface area contributed by atoms with Crippen molar-refractivity contribution in [3.8, 4) is 0 Å². The van der Waals surface area contributed by atoms with Crippen LogP contribution < -0.4 is 56.6 Å². The molecule has 0 aliphatic heterocycles. The van der Waals surface area contributed by atoms with Crippen LogP contribution in [-0.2, 0) is 0 Å². The van der Waals surface area contributed by atoms with Crippen molar-refractivity contribution < 1.29 is 60.9 Å². The van der Waals surface area contributed by atoms with E-state index in [9.17, 15) is 0 Å². The molecular weight excluding hydrogens is 230 g/mol. The van der Waals surface area contributed by atoms with Gasteiger partial charge in [0.25, 0.3) is 0 Å². The van der Waals surface area contributed by atoms with Crippen molar-refractivity contribution in [2.75, 3.05) is 0 Å². The monoisotopic (exact) mass is 233 g/mol. The fraction of sp³-hybridized carbons (Fsp3) is 0. The summed E-state index contributed by atoms with van der Waals surface area (Å²) in [5.74, 6) is 0. The van der Waals surface area contributed by atoms with Crippen molar-refractivity contribution in [2.24, 2.45) is 0 Å². The molecule has 0 aliphatic rings. The van der Waals surface area contributed by atoms with Crippen LogP contribution in [0, 0.1) is 0 Å². The second-order valence-electron chi connectivity index (χ2n) is 0.